The summed E-state index contributed by atoms with van der Waals surface area (Å²) in [5.41, 5.74) is 2.11. The van der Waals surface area contributed by atoms with Crippen molar-refractivity contribution in [2.24, 2.45) is 0 Å². The van der Waals surface area contributed by atoms with Gasteiger partial charge in [-0.2, -0.15) is 0 Å². The monoisotopic (exact) mass is 244 g/mol. The second kappa shape index (κ2) is 5.45. The van der Waals surface area contributed by atoms with Gasteiger partial charge in [0.25, 0.3) is 0 Å². The fraction of sp³-hybridized carbons (Fsp3) is 0.200. The van der Waals surface area contributed by atoms with E-state index < -0.39 is 0 Å². The highest BCUT2D eigenvalue weighted by atomic mass is 16.5. The van der Waals surface area contributed by atoms with Gasteiger partial charge in [0.2, 0.25) is 0 Å². The minimum atomic E-state index is 0.782. The highest BCUT2D eigenvalue weighted by Gasteiger charge is 2.07. The quantitative estimate of drug-likeness (QED) is 0.825. The average molecular weight is 244 g/mol. The second-order valence-corrected chi connectivity index (χ2v) is 3.79. The third-order valence-electron chi connectivity index (χ3n) is 2.81. The molecular weight excluding hydrogens is 228 g/mol. The molecule has 0 amide bonds. The maximum absolute atomic E-state index is 5.39. The lowest BCUT2D eigenvalue weighted by atomic mass is 10.0. The molecule has 2 aromatic carbocycles. The van der Waals surface area contributed by atoms with Crippen molar-refractivity contribution in [3.63, 3.8) is 0 Å². The lowest BCUT2D eigenvalue weighted by Crippen LogP contribution is -1.90. The van der Waals surface area contributed by atoms with Crippen LogP contribution in [0.25, 0.3) is 11.1 Å². The van der Waals surface area contributed by atoms with Crippen molar-refractivity contribution in [1.82, 2.24) is 0 Å². The maximum Gasteiger partial charge on any atom is 0.130 e. The van der Waals surface area contributed by atoms with Crippen LogP contribution in [0, 0.1) is 0 Å². The highest BCUT2D eigenvalue weighted by Crippen LogP contribution is 2.33. The molecule has 0 aromatic heterocycles. The van der Waals surface area contributed by atoms with Gasteiger partial charge in [0.15, 0.2) is 0 Å². The molecule has 0 atom stereocenters. The van der Waals surface area contributed by atoms with Crippen LogP contribution in [0.2, 0.25) is 0 Å². The molecular formula is C15H16O3. The van der Waals surface area contributed by atoms with Crippen LogP contribution >= 0.6 is 0 Å². The summed E-state index contributed by atoms with van der Waals surface area (Å²) in [6.07, 6.45) is 0. The standard InChI is InChI=1S/C15H16O3/c1-16-12-6-4-11(5-7-12)14-9-8-13(17-2)10-15(14)18-3/h4-10H,1-3H3. The Bertz CT molecular complexity index is 518. The van der Waals surface area contributed by atoms with Crippen molar-refractivity contribution in [3.05, 3.63) is 42.5 Å². The fourth-order valence-electron chi connectivity index (χ4n) is 1.81. The van der Waals surface area contributed by atoms with Crippen molar-refractivity contribution >= 4 is 0 Å². The van der Waals surface area contributed by atoms with E-state index in [0.717, 1.165) is 28.4 Å². The summed E-state index contributed by atoms with van der Waals surface area (Å²) in [6.45, 7) is 0. The van der Waals surface area contributed by atoms with Gasteiger partial charge in [-0.15, -0.1) is 0 Å². The van der Waals surface area contributed by atoms with E-state index in [9.17, 15) is 0 Å². The van der Waals surface area contributed by atoms with Gasteiger partial charge in [-0.1, -0.05) is 12.1 Å². The van der Waals surface area contributed by atoms with Crippen molar-refractivity contribution in [3.8, 4) is 28.4 Å². The molecule has 0 saturated carbocycles. The summed E-state index contributed by atoms with van der Waals surface area (Å²) >= 11 is 0. The van der Waals surface area contributed by atoms with Gasteiger partial charge >= 0.3 is 0 Å². The molecule has 0 heterocycles. The largest absolute Gasteiger partial charge is 0.497 e. The van der Waals surface area contributed by atoms with Crippen LogP contribution in [0.3, 0.4) is 0 Å². The van der Waals surface area contributed by atoms with Gasteiger partial charge in [-0.3, -0.25) is 0 Å². The molecule has 3 heteroatoms. The van der Waals surface area contributed by atoms with E-state index in [1.165, 1.54) is 0 Å². The van der Waals surface area contributed by atoms with E-state index in [4.69, 9.17) is 14.2 Å². The van der Waals surface area contributed by atoms with E-state index in [2.05, 4.69) is 0 Å². The Hall–Kier alpha value is -2.16. The number of methoxy groups -OCH3 is 3. The molecule has 94 valence electrons. The molecule has 0 radical (unpaired) electrons. The Morgan fingerprint density at radius 3 is 1.83 bits per heavy atom. The normalized spacial score (nSPS) is 9.94. The summed E-state index contributed by atoms with van der Waals surface area (Å²) < 4.78 is 15.7. The third kappa shape index (κ3) is 2.40. The van der Waals surface area contributed by atoms with Crippen molar-refractivity contribution in [1.29, 1.82) is 0 Å². The van der Waals surface area contributed by atoms with Crippen LogP contribution < -0.4 is 14.2 Å². The molecule has 0 aliphatic heterocycles. The highest BCUT2D eigenvalue weighted by molar-refractivity contribution is 5.72. The molecule has 0 N–H and O–H groups in total. The third-order valence-corrected chi connectivity index (χ3v) is 2.81. The maximum atomic E-state index is 5.39. The molecule has 0 fully saturated rings. The van der Waals surface area contributed by atoms with Crippen molar-refractivity contribution in [2.45, 2.75) is 0 Å². The minimum absolute atomic E-state index is 0.782. The van der Waals surface area contributed by atoms with Crippen LogP contribution in [-0.4, -0.2) is 21.3 Å². The van der Waals surface area contributed by atoms with Gasteiger partial charge in [0, 0.05) is 11.6 Å². The van der Waals surface area contributed by atoms with Gasteiger partial charge in [-0.05, 0) is 29.8 Å². The Labute approximate surface area is 107 Å². The zero-order valence-electron chi connectivity index (χ0n) is 10.8. The first-order valence-electron chi connectivity index (χ1n) is 5.65. The smallest absolute Gasteiger partial charge is 0.130 e. The first-order chi connectivity index (χ1) is 8.78. The van der Waals surface area contributed by atoms with Crippen LogP contribution in [0.4, 0.5) is 0 Å². The summed E-state index contributed by atoms with van der Waals surface area (Å²) in [5.74, 6) is 2.41. The summed E-state index contributed by atoms with van der Waals surface area (Å²) in [7, 11) is 4.95. The molecule has 0 bridgehead atoms. The van der Waals surface area contributed by atoms with Crippen LogP contribution in [0.15, 0.2) is 42.5 Å². The summed E-state index contributed by atoms with van der Waals surface area (Å²) in [5, 5.41) is 0. The Morgan fingerprint density at radius 1 is 0.667 bits per heavy atom. The predicted octanol–water partition coefficient (Wildman–Crippen LogP) is 3.38. The molecule has 0 unspecified atom stereocenters. The van der Waals surface area contributed by atoms with Crippen LogP contribution in [0.5, 0.6) is 17.2 Å². The van der Waals surface area contributed by atoms with Gasteiger partial charge in [-0.25, -0.2) is 0 Å². The molecule has 0 spiro atoms. The number of hydrogen-bond acceptors (Lipinski definition) is 3. The first-order valence-corrected chi connectivity index (χ1v) is 5.65. The van der Waals surface area contributed by atoms with Crippen LogP contribution in [-0.2, 0) is 0 Å². The molecule has 0 aliphatic rings. The Morgan fingerprint density at radius 2 is 1.28 bits per heavy atom. The topological polar surface area (TPSA) is 27.7 Å². The number of hydrogen-bond donors (Lipinski definition) is 0. The molecule has 2 rings (SSSR count). The van der Waals surface area contributed by atoms with E-state index in [1.807, 2.05) is 42.5 Å². The second-order valence-electron chi connectivity index (χ2n) is 3.79. The van der Waals surface area contributed by atoms with Crippen LogP contribution in [0.1, 0.15) is 0 Å². The zero-order valence-corrected chi connectivity index (χ0v) is 10.8. The van der Waals surface area contributed by atoms with Gasteiger partial charge in [0.05, 0.1) is 21.3 Å². The molecule has 0 aliphatic carbocycles. The van der Waals surface area contributed by atoms with Crippen molar-refractivity contribution < 1.29 is 14.2 Å². The van der Waals surface area contributed by atoms with E-state index in [1.54, 1.807) is 21.3 Å². The van der Waals surface area contributed by atoms with E-state index in [-0.39, 0.29) is 0 Å². The zero-order chi connectivity index (χ0) is 13.0. The molecule has 3 nitrogen and oxygen atoms in total. The average Bonchev–Trinajstić information content (AvgIpc) is 2.46. The SMILES string of the molecule is COc1ccc(-c2ccc(OC)cc2OC)cc1. The lowest BCUT2D eigenvalue weighted by molar-refractivity contribution is 0.395. The summed E-state index contributed by atoms with van der Waals surface area (Å²) in [6, 6.07) is 13.6. The van der Waals surface area contributed by atoms with E-state index in [0.29, 0.717) is 0 Å². The van der Waals surface area contributed by atoms with Gasteiger partial charge < -0.3 is 14.2 Å². The van der Waals surface area contributed by atoms with Gasteiger partial charge in [0.1, 0.15) is 17.2 Å². The molecule has 0 saturated heterocycles. The fourth-order valence-corrected chi connectivity index (χ4v) is 1.81. The van der Waals surface area contributed by atoms with E-state index >= 15 is 0 Å². The molecule has 2 aromatic rings. The lowest BCUT2D eigenvalue weighted by Gasteiger charge is -2.11. The first kappa shape index (κ1) is 12.3. The molecule has 18 heavy (non-hydrogen) atoms. The number of benzene rings is 2. The minimum Gasteiger partial charge on any atom is -0.497 e. The number of ether oxygens (including phenoxy) is 3. The number of rotatable bonds is 4. The summed E-state index contributed by atoms with van der Waals surface area (Å²) in [4.78, 5) is 0. The Kier molecular flexibility index (Phi) is 3.72. The predicted molar refractivity (Wildman–Crippen MR) is 71.5 cm³/mol. The Balaban J connectivity index is 2.42. The van der Waals surface area contributed by atoms with Crippen molar-refractivity contribution in [2.75, 3.05) is 21.3 Å².